The molecule has 128 valence electrons. The average Bonchev–Trinajstić information content (AvgIpc) is 2.54. The number of benzene rings is 1. The van der Waals surface area contributed by atoms with Crippen molar-refractivity contribution in [1.29, 1.82) is 0 Å². The number of rotatable bonds is 5. The Kier molecular flexibility index (Phi) is 6.84. The number of nitrogens with zero attached hydrogens (tertiary/aromatic N) is 2. The number of halogens is 1. The van der Waals surface area contributed by atoms with Gasteiger partial charge in [-0.3, -0.25) is 4.99 Å². The Morgan fingerprint density at radius 2 is 2.04 bits per heavy atom. The number of guanidine groups is 1. The summed E-state index contributed by atoms with van der Waals surface area (Å²) in [5.41, 5.74) is 1.01. The predicted molar refractivity (Wildman–Crippen MR) is 92.1 cm³/mol. The molecular weight excluding hydrogens is 293 g/mol. The highest BCUT2D eigenvalue weighted by Gasteiger charge is 2.28. The summed E-state index contributed by atoms with van der Waals surface area (Å²) in [6.45, 7) is 9.55. The maximum absolute atomic E-state index is 13.1. The summed E-state index contributed by atoms with van der Waals surface area (Å²) < 4.78 is 19.2. The van der Waals surface area contributed by atoms with Gasteiger partial charge in [0.25, 0.3) is 0 Å². The molecule has 0 radical (unpaired) electrons. The van der Waals surface area contributed by atoms with E-state index in [1.54, 1.807) is 12.1 Å². The monoisotopic (exact) mass is 321 g/mol. The summed E-state index contributed by atoms with van der Waals surface area (Å²) in [6.07, 6.45) is 2.28. The third-order valence-electron chi connectivity index (χ3n) is 3.91. The number of unbranched alkanes of at least 4 members (excludes halogenated alkanes) is 1. The van der Waals surface area contributed by atoms with Gasteiger partial charge in [0.1, 0.15) is 11.9 Å². The van der Waals surface area contributed by atoms with Gasteiger partial charge in [0.2, 0.25) is 0 Å². The van der Waals surface area contributed by atoms with E-state index in [-0.39, 0.29) is 18.0 Å². The van der Waals surface area contributed by atoms with E-state index in [2.05, 4.69) is 31.0 Å². The number of hydrogen-bond donors (Lipinski definition) is 1. The van der Waals surface area contributed by atoms with Crippen LogP contribution in [0.5, 0.6) is 0 Å². The first-order chi connectivity index (χ1) is 11.1. The fraction of sp³-hybridized carbons (Fsp3) is 0.611. The molecule has 0 aromatic heterocycles. The van der Waals surface area contributed by atoms with Crippen LogP contribution in [0.25, 0.3) is 0 Å². The zero-order chi connectivity index (χ0) is 16.7. The quantitative estimate of drug-likeness (QED) is 0.513. The molecule has 2 atom stereocenters. The van der Waals surface area contributed by atoms with Crippen LogP contribution < -0.4 is 5.32 Å². The Hall–Kier alpha value is -1.62. The largest absolute Gasteiger partial charge is 0.367 e. The Morgan fingerprint density at radius 1 is 1.30 bits per heavy atom. The molecule has 0 bridgehead atoms. The Bertz CT molecular complexity index is 503. The van der Waals surface area contributed by atoms with Crippen LogP contribution in [0.2, 0.25) is 0 Å². The van der Waals surface area contributed by atoms with E-state index in [0.29, 0.717) is 0 Å². The van der Waals surface area contributed by atoms with Gasteiger partial charge in [-0.05, 0) is 38.0 Å². The predicted octanol–water partition coefficient (Wildman–Crippen LogP) is 3.35. The highest BCUT2D eigenvalue weighted by atomic mass is 19.1. The first kappa shape index (κ1) is 17.7. The van der Waals surface area contributed by atoms with Gasteiger partial charge in [0, 0.05) is 19.6 Å². The molecule has 1 N–H and O–H groups in total. The minimum absolute atomic E-state index is 0.0608. The van der Waals surface area contributed by atoms with E-state index in [1.807, 2.05) is 0 Å². The summed E-state index contributed by atoms with van der Waals surface area (Å²) in [4.78, 5) is 6.97. The zero-order valence-electron chi connectivity index (χ0n) is 14.4. The number of ether oxygens (including phenoxy) is 1. The lowest BCUT2D eigenvalue weighted by atomic mass is 10.1. The molecule has 0 amide bonds. The van der Waals surface area contributed by atoms with Crippen LogP contribution in [0, 0.1) is 5.82 Å². The van der Waals surface area contributed by atoms with Crippen LogP contribution in [-0.4, -0.2) is 43.1 Å². The molecule has 1 aliphatic heterocycles. The molecule has 1 heterocycles. The van der Waals surface area contributed by atoms with Crippen LogP contribution in [0.1, 0.15) is 45.3 Å². The van der Waals surface area contributed by atoms with Crippen molar-refractivity contribution in [2.45, 2.75) is 45.8 Å². The number of hydrogen-bond acceptors (Lipinski definition) is 2. The second-order valence-electron chi connectivity index (χ2n) is 5.98. The second-order valence-corrected chi connectivity index (χ2v) is 5.98. The Labute approximate surface area is 138 Å². The highest BCUT2D eigenvalue weighted by Crippen LogP contribution is 2.25. The lowest BCUT2D eigenvalue weighted by Gasteiger charge is -2.38. The first-order valence-electron chi connectivity index (χ1n) is 8.58. The van der Waals surface area contributed by atoms with Crippen molar-refractivity contribution in [2.24, 2.45) is 4.99 Å². The fourth-order valence-corrected chi connectivity index (χ4v) is 2.75. The van der Waals surface area contributed by atoms with Crippen molar-refractivity contribution >= 4 is 5.96 Å². The van der Waals surface area contributed by atoms with Gasteiger partial charge in [-0.25, -0.2) is 4.39 Å². The van der Waals surface area contributed by atoms with Gasteiger partial charge in [-0.2, -0.15) is 0 Å². The molecule has 4 nitrogen and oxygen atoms in total. The van der Waals surface area contributed by atoms with Gasteiger partial charge in [-0.15, -0.1) is 0 Å². The fourth-order valence-electron chi connectivity index (χ4n) is 2.75. The van der Waals surface area contributed by atoms with Gasteiger partial charge >= 0.3 is 0 Å². The van der Waals surface area contributed by atoms with Crippen molar-refractivity contribution < 1.29 is 9.13 Å². The minimum Gasteiger partial charge on any atom is -0.367 e. The number of nitrogens with one attached hydrogen (secondary N) is 1. The minimum atomic E-state index is -0.219. The Balaban J connectivity index is 2.11. The van der Waals surface area contributed by atoms with Crippen LogP contribution in [0.15, 0.2) is 29.3 Å². The molecule has 0 spiro atoms. The molecular formula is C18H28FN3O. The topological polar surface area (TPSA) is 36.9 Å². The summed E-state index contributed by atoms with van der Waals surface area (Å²) >= 11 is 0. The first-order valence-corrected chi connectivity index (χ1v) is 8.58. The second kappa shape index (κ2) is 8.87. The standard InChI is InChI=1S/C18H28FN3O/c1-4-6-11-21-18(20-5-2)22-12-14(3)23-17(13-22)15-7-9-16(19)10-8-15/h7-10,14,17H,4-6,11-13H2,1-3H3,(H,20,21). The lowest BCUT2D eigenvalue weighted by Crippen LogP contribution is -2.50. The third-order valence-corrected chi connectivity index (χ3v) is 3.91. The summed E-state index contributed by atoms with van der Waals surface area (Å²) in [7, 11) is 0. The molecule has 23 heavy (non-hydrogen) atoms. The van der Waals surface area contributed by atoms with Gasteiger partial charge in [0.15, 0.2) is 5.96 Å². The number of aliphatic imine (C=N–C) groups is 1. The third kappa shape index (κ3) is 5.20. The van der Waals surface area contributed by atoms with Gasteiger partial charge < -0.3 is 15.0 Å². The van der Waals surface area contributed by atoms with Crippen molar-refractivity contribution in [3.8, 4) is 0 Å². The molecule has 1 aliphatic rings. The van der Waals surface area contributed by atoms with E-state index in [0.717, 1.165) is 50.5 Å². The van der Waals surface area contributed by atoms with Crippen molar-refractivity contribution in [3.63, 3.8) is 0 Å². The molecule has 2 unspecified atom stereocenters. The molecule has 1 saturated heterocycles. The summed E-state index contributed by atoms with van der Waals surface area (Å²) in [5, 5.41) is 3.37. The zero-order valence-corrected chi connectivity index (χ0v) is 14.4. The maximum atomic E-state index is 13.1. The highest BCUT2D eigenvalue weighted by molar-refractivity contribution is 5.80. The van der Waals surface area contributed by atoms with E-state index < -0.39 is 0 Å². The number of morpholine rings is 1. The van der Waals surface area contributed by atoms with Crippen LogP contribution >= 0.6 is 0 Å². The van der Waals surface area contributed by atoms with Crippen LogP contribution in [-0.2, 0) is 4.74 Å². The SMILES string of the molecule is CCCCN=C(NCC)N1CC(C)OC(c2ccc(F)cc2)C1. The van der Waals surface area contributed by atoms with Crippen molar-refractivity contribution in [3.05, 3.63) is 35.6 Å². The van der Waals surface area contributed by atoms with Crippen molar-refractivity contribution in [1.82, 2.24) is 10.2 Å². The van der Waals surface area contributed by atoms with Crippen LogP contribution in [0.4, 0.5) is 4.39 Å². The molecule has 0 aliphatic carbocycles. The van der Waals surface area contributed by atoms with E-state index in [9.17, 15) is 4.39 Å². The van der Waals surface area contributed by atoms with E-state index in [1.165, 1.54) is 12.1 Å². The normalized spacial score (nSPS) is 22.3. The summed E-state index contributed by atoms with van der Waals surface area (Å²) in [6, 6.07) is 6.58. The average molecular weight is 321 g/mol. The van der Waals surface area contributed by atoms with Crippen LogP contribution in [0.3, 0.4) is 0 Å². The van der Waals surface area contributed by atoms with Gasteiger partial charge in [0.05, 0.1) is 12.6 Å². The van der Waals surface area contributed by atoms with E-state index in [4.69, 9.17) is 9.73 Å². The van der Waals surface area contributed by atoms with Crippen molar-refractivity contribution in [2.75, 3.05) is 26.2 Å². The van der Waals surface area contributed by atoms with Gasteiger partial charge in [-0.1, -0.05) is 25.5 Å². The molecule has 1 fully saturated rings. The van der Waals surface area contributed by atoms with E-state index >= 15 is 0 Å². The molecule has 1 aromatic carbocycles. The maximum Gasteiger partial charge on any atom is 0.194 e. The lowest BCUT2D eigenvalue weighted by molar-refractivity contribution is -0.0605. The molecule has 0 saturated carbocycles. The Morgan fingerprint density at radius 3 is 2.70 bits per heavy atom. The molecule has 5 heteroatoms. The molecule has 1 aromatic rings. The molecule has 2 rings (SSSR count). The summed E-state index contributed by atoms with van der Waals surface area (Å²) in [5.74, 6) is 0.729. The smallest absolute Gasteiger partial charge is 0.194 e.